The van der Waals surface area contributed by atoms with Crippen molar-refractivity contribution in [2.24, 2.45) is 0 Å². The molecule has 1 aliphatic rings. The van der Waals surface area contributed by atoms with Gasteiger partial charge in [0.15, 0.2) is 11.6 Å². The van der Waals surface area contributed by atoms with Gasteiger partial charge in [0.25, 0.3) is 0 Å². The zero-order valence-corrected chi connectivity index (χ0v) is 13.5. The molecule has 1 aliphatic heterocycles. The number of benzene rings is 1. The summed E-state index contributed by atoms with van der Waals surface area (Å²) in [6.07, 6.45) is 0. The molecule has 0 atom stereocenters. The maximum Gasteiger partial charge on any atom is 0.233 e. The molecule has 9 nitrogen and oxygen atoms in total. The summed E-state index contributed by atoms with van der Waals surface area (Å²) < 4.78 is 5.19. The third-order valence-corrected chi connectivity index (χ3v) is 4.24. The predicted octanol–water partition coefficient (Wildman–Crippen LogP) is 1.41. The summed E-state index contributed by atoms with van der Waals surface area (Å²) in [4.78, 5) is 6.31. The van der Waals surface area contributed by atoms with Crippen LogP contribution in [0.2, 0.25) is 0 Å². The first kappa shape index (κ1) is 15.2. The fourth-order valence-corrected chi connectivity index (χ4v) is 2.81. The number of hydrogen-bond donors (Lipinski definition) is 4. The molecule has 1 saturated heterocycles. The number of aromatic amines is 1. The maximum absolute atomic E-state index is 9.61. The molecule has 4 rings (SSSR count). The smallest absolute Gasteiger partial charge is 0.233 e. The molecule has 0 unspecified atom stereocenters. The number of nitrogens with zero attached hydrogens (tertiary/aromatic N) is 4. The molecule has 3 aromatic rings. The van der Waals surface area contributed by atoms with Crippen LogP contribution in [0.25, 0.3) is 0 Å². The molecule has 5 N–H and O–H groups in total. The number of aryl methyl sites for hydroxylation is 1. The Kier molecular flexibility index (Phi) is 3.41. The summed E-state index contributed by atoms with van der Waals surface area (Å²) >= 11 is 0. The lowest BCUT2D eigenvalue weighted by Crippen LogP contribution is -2.45. The van der Waals surface area contributed by atoms with E-state index in [2.05, 4.69) is 25.2 Å². The predicted molar refractivity (Wildman–Crippen MR) is 91.0 cm³/mol. The first-order chi connectivity index (χ1) is 12.0. The largest absolute Gasteiger partial charge is 0.508 e. The number of phenolic OH excluding ortho intramolecular Hbond substituents is 1. The second-order valence-electron chi connectivity index (χ2n) is 6.07. The number of phenols is 1. The number of hydrogen-bond acceptors (Lipinski definition) is 8. The Morgan fingerprint density at radius 2 is 2.20 bits per heavy atom. The van der Waals surface area contributed by atoms with Crippen LogP contribution in [0.3, 0.4) is 0 Å². The van der Waals surface area contributed by atoms with Gasteiger partial charge in [0.1, 0.15) is 5.75 Å². The van der Waals surface area contributed by atoms with Crippen molar-refractivity contribution in [1.29, 1.82) is 5.41 Å². The van der Waals surface area contributed by atoms with Crippen molar-refractivity contribution in [1.82, 2.24) is 20.3 Å². The Hall–Kier alpha value is -3.36. The Morgan fingerprint density at radius 1 is 1.40 bits per heavy atom. The third-order valence-electron chi connectivity index (χ3n) is 4.24. The van der Waals surface area contributed by atoms with E-state index in [4.69, 9.17) is 15.7 Å². The van der Waals surface area contributed by atoms with Crippen LogP contribution >= 0.6 is 0 Å². The zero-order valence-electron chi connectivity index (χ0n) is 13.5. The van der Waals surface area contributed by atoms with E-state index in [9.17, 15) is 5.11 Å². The van der Waals surface area contributed by atoms with E-state index in [1.165, 1.54) is 12.1 Å². The molecule has 9 heteroatoms. The van der Waals surface area contributed by atoms with Crippen molar-refractivity contribution in [3.05, 3.63) is 47.2 Å². The number of aromatic hydroxyl groups is 1. The van der Waals surface area contributed by atoms with E-state index < -0.39 is 0 Å². The molecule has 1 fully saturated rings. The van der Waals surface area contributed by atoms with Crippen molar-refractivity contribution in [3.63, 3.8) is 0 Å². The Balaban J connectivity index is 1.48. The number of nitrogen functional groups attached to an aromatic ring is 1. The van der Waals surface area contributed by atoms with Crippen LogP contribution in [-0.4, -0.2) is 44.2 Å². The van der Waals surface area contributed by atoms with E-state index in [1.807, 2.05) is 0 Å². The van der Waals surface area contributed by atoms with E-state index in [0.717, 1.165) is 18.9 Å². The van der Waals surface area contributed by atoms with Crippen LogP contribution in [0.5, 0.6) is 5.75 Å². The number of rotatable bonds is 4. The van der Waals surface area contributed by atoms with Gasteiger partial charge in [-0.1, -0.05) is 5.16 Å². The quantitative estimate of drug-likeness (QED) is 0.320. The summed E-state index contributed by atoms with van der Waals surface area (Å²) in [6.45, 7) is 3.25. The van der Waals surface area contributed by atoms with Crippen LogP contribution in [0, 0.1) is 12.3 Å². The van der Waals surface area contributed by atoms with Gasteiger partial charge in [-0.25, -0.2) is 0 Å². The Labute approximate surface area is 143 Å². The van der Waals surface area contributed by atoms with Crippen LogP contribution in [-0.2, 0) is 0 Å². The second-order valence-corrected chi connectivity index (χ2v) is 6.07. The summed E-state index contributed by atoms with van der Waals surface area (Å²) in [5.74, 6) is 2.28. The molecule has 0 saturated carbocycles. The highest BCUT2D eigenvalue weighted by atomic mass is 16.5. The van der Waals surface area contributed by atoms with Gasteiger partial charge in [-0.15, -0.1) is 0 Å². The lowest BCUT2D eigenvalue weighted by molar-refractivity contribution is 0.326. The van der Waals surface area contributed by atoms with Gasteiger partial charge in [0.2, 0.25) is 5.89 Å². The number of H-pyrrole nitrogens is 1. The highest BCUT2D eigenvalue weighted by Gasteiger charge is 2.34. The normalized spacial score (nSPS) is 14.5. The minimum Gasteiger partial charge on any atom is -0.508 e. The molecule has 0 aliphatic carbocycles. The fourth-order valence-electron chi connectivity index (χ4n) is 2.81. The van der Waals surface area contributed by atoms with Gasteiger partial charge in [0.05, 0.1) is 17.3 Å². The molecule has 2 aromatic heterocycles. The van der Waals surface area contributed by atoms with Crippen molar-refractivity contribution < 1.29 is 9.63 Å². The summed E-state index contributed by atoms with van der Waals surface area (Å²) in [5, 5.41) is 28.8. The number of anilines is 2. The first-order valence-electron chi connectivity index (χ1n) is 7.79. The second kappa shape index (κ2) is 5.62. The highest BCUT2D eigenvalue weighted by molar-refractivity contribution is 6.13. The molecule has 0 amide bonds. The fraction of sp³-hybridized carbons (Fsp3) is 0.250. The minimum absolute atomic E-state index is 0.0640. The lowest BCUT2D eigenvalue weighted by atomic mass is 10.00. The Morgan fingerprint density at radius 3 is 2.92 bits per heavy atom. The highest BCUT2D eigenvalue weighted by Crippen LogP contribution is 2.30. The monoisotopic (exact) mass is 339 g/mol. The van der Waals surface area contributed by atoms with E-state index in [1.54, 1.807) is 19.1 Å². The van der Waals surface area contributed by atoms with Gasteiger partial charge in [-0.3, -0.25) is 10.5 Å². The van der Waals surface area contributed by atoms with Crippen molar-refractivity contribution in [2.45, 2.75) is 12.8 Å². The zero-order chi connectivity index (χ0) is 17.6. The SMILES string of the molecule is Cc1noc(C2CN(c3cc(C(=N)c4cc(O)ccc4N)[nH]n3)C2)n1. The van der Waals surface area contributed by atoms with Crippen molar-refractivity contribution in [2.75, 3.05) is 23.7 Å². The molecule has 25 heavy (non-hydrogen) atoms. The van der Waals surface area contributed by atoms with Crippen LogP contribution in [0.1, 0.15) is 28.9 Å². The van der Waals surface area contributed by atoms with Crippen molar-refractivity contribution in [3.8, 4) is 5.75 Å². The topological polar surface area (TPSA) is 141 Å². The molecule has 0 spiro atoms. The summed E-state index contributed by atoms with van der Waals surface area (Å²) in [7, 11) is 0. The lowest BCUT2D eigenvalue weighted by Gasteiger charge is -2.37. The molecule has 0 bridgehead atoms. The average molecular weight is 339 g/mol. The number of aromatic nitrogens is 4. The van der Waals surface area contributed by atoms with E-state index in [-0.39, 0.29) is 17.4 Å². The standard InChI is InChI=1S/C16H17N7O2/c1-8-19-16(25-22-8)9-6-23(7-9)14-5-13(20-21-14)15(18)11-4-10(24)2-3-12(11)17/h2-5,9,18,24H,6-7,17H2,1H3,(H,20,21). The first-order valence-corrected chi connectivity index (χ1v) is 7.79. The van der Waals surface area contributed by atoms with Crippen LogP contribution in [0.15, 0.2) is 28.8 Å². The minimum atomic E-state index is 0.0640. The molecule has 1 aromatic carbocycles. The van der Waals surface area contributed by atoms with E-state index >= 15 is 0 Å². The number of nitrogens with one attached hydrogen (secondary N) is 2. The van der Waals surface area contributed by atoms with Crippen LogP contribution < -0.4 is 10.6 Å². The van der Waals surface area contributed by atoms with Gasteiger partial charge >= 0.3 is 0 Å². The maximum atomic E-state index is 9.61. The third kappa shape index (κ3) is 2.69. The van der Waals surface area contributed by atoms with Gasteiger partial charge in [-0.05, 0) is 25.1 Å². The molecule has 3 heterocycles. The number of nitrogens with two attached hydrogens (primary N) is 1. The molecular formula is C16H17N7O2. The van der Waals surface area contributed by atoms with Gasteiger partial charge in [-0.2, -0.15) is 10.1 Å². The van der Waals surface area contributed by atoms with Gasteiger partial charge in [0, 0.05) is 30.4 Å². The summed E-state index contributed by atoms with van der Waals surface area (Å²) in [6, 6.07) is 6.32. The van der Waals surface area contributed by atoms with Crippen molar-refractivity contribution >= 4 is 17.2 Å². The average Bonchev–Trinajstić information content (AvgIpc) is 3.17. The van der Waals surface area contributed by atoms with E-state index in [0.29, 0.717) is 28.7 Å². The van der Waals surface area contributed by atoms with Gasteiger partial charge < -0.3 is 20.3 Å². The molecular weight excluding hydrogens is 322 g/mol. The molecule has 128 valence electrons. The van der Waals surface area contributed by atoms with Crippen LogP contribution in [0.4, 0.5) is 11.5 Å². The molecule has 0 radical (unpaired) electrons. The summed E-state index contributed by atoms with van der Waals surface area (Å²) in [5.41, 5.74) is 7.49. The Bertz CT molecular complexity index is 940.